The van der Waals surface area contributed by atoms with E-state index in [1.165, 1.54) is 43.1 Å². The van der Waals surface area contributed by atoms with Crippen molar-refractivity contribution < 1.29 is 9.59 Å². The molecule has 0 saturated carbocycles. The Balaban J connectivity index is 0.000000159. The van der Waals surface area contributed by atoms with E-state index in [1.54, 1.807) is 0 Å². The first-order valence-electron chi connectivity index (χ1n) is 13.3. The topological polar surface area (TPSA) is 84.2 Å². The number of hydrogen-bond acceptors (Lipinski definition) is 2. The Hall–Kier alpha value is -4.64. The van der Waals surface area contributed by atoms with Gasteiger partial charge >= 0.3 is 12.1 Å². The van der Waals surface area contributed by atoms with Gasteiger partial charge in [-0.3, -0.25) is 5.32 Å². The van der Waals surface area contributed by atoms with Gasteiger partial charge in [-0.1, -0.05) is 119 Å². The molecule has 6 aromatic rings. The second kappa shape index (κ2) is 10.6. The number of fused-ring (bicyclic) bond motifs is 2. The van der Waals surface area contributed by atoms with Gasteiger partial charge in [0.2, 0.25) is 0 Å². The highest BCUT2D eigenvalue weighted by atomic mass is 16.2. The first-order valence-corrected chi connectivity index (χ1v) is 13.3. The number of benzene rings is 6. The fourth-order valence-corrected chi connectivity index (χ4v) is 5.53. The lowest BCUT2D eigenvalue weighted by Crippen LogP contribution is -2.38. The molecule has 4 amide bonds. The van der Waals surface area contributed by atoms with Crippen LogP contribution in [0.5, 0.6) is 0 Å². The van der Waals surface area contributed by atoms with Crippen molar-refractivity contribution in [2.45, 2.75) is 39.5 Å². The van der Waals surface area contributed by atoms with Crippen molar-refractivity contribution in [3.63, 3.8) is 0 Å². The van der Waals surface area contributed by atoms with E-state index in [9.17, 15) is 9.59 Å². The largest absolute Gasteiger partial charge is 0.351 e. The molecule has 0 aliphatic carbocycles. The van der Waals surface area contributed by atoms with Crippen LogP contribution in [0.25, 0.3) is 43.1 Å². The van der Waals surface area contributed by atoms with Gasteiger partial charge in [-0.25, -0.2) is 9.59 Å². The van der Waals surface area contributed by atoms with Crippen molar-refractivity contribution in [1.29, 1.82) is 0 Å². The minimum absolute atomic E-state index is 0.266. The second-order valence-corrected chi connectivity index (χ2v) is 10.5. The van der Waals surface area contributed by atoms with E-state index in [1.807, 2.05) is 23.5 Å². The van der Waals surface area contributed by atoms with E-state index in [0.717, 1.165) is 16.8 Å². The van der Waals surface area contributed by atoms with Gasteiger partial charge in [0.05, 0.1) is 0 Å². The summed E-state index contributed by atoms with van der Waals surface area (Å²) in [5, 5.41) is 15.6. The predicted molar refractivity (Wildman–Crippen MR) is 164 cm³/mol. The number of para-hydroxylation sites is 1. The van der Waals surface area contributed by atoms with Crippen LogP contribution in [0.2, 0.25) is 0 Å². The maximum absolute atomic E-state index is 11.6. The van der Waals surface area contributed by atoms with Crippen LogP contribution in [0, 0.1) is 0 Å². The molecule has 0 spiro atoms. The zero-order chi connectivity index (χ0) is 27.7. The van der Waals surface area contributed by atoms with E-state index in [2.05, 4.69) is 106 Å². The summed E-state index contributed by atoms with van der Waals surface area (Å²) in [6, 6.07) is 30.9. The third-order valence-corrected chi connectivity index (χ3v) is 7.24. The molecule has 196 valence electrons. The average Bonchev–Trinajstić information content (AvgIpc) is 2.91. The number of amides is 4. The van der Waals surface area contributed by atoms with Crippen LogP contribution in [-0.4, -0.2) is 12.1 Å². The molecule has 0 atom stereocenters. The summed E-state index contributed by atoms with van der Waals surface area (Å²) in [5.41, 5.74) is 7.75. The summed E-state index contributed by atoms with van der Waals surface area (Å²) in [6.45, 7) is 8.21. The van der Waals surface area contributed by atoms with Gasteiger partial charge in [-0.15, -0.1) is 0 Å². The van der Waals surface area contributed by atoms with Crippen LogP contribution in [0.15, 0.2) is 91.0 Å². The van der Waals surface area contributed by atoms with Gasteiger partial charge in [0.1, 0.15) is 0 Å². The van der Waals surface area contributed by atoms with Gasteiger partial charge in [-0.05, 0) is 66.1 Å². The highest BCUT2D eigenvalue weighted by Crippen LogP contribution is 2.39. The molecular formula is C34H33N3O2. The van der Waals surface area contributed by atoms with Crippen LogP contribution in [0.4, 0.5) is 15.3 Å². The molecule has 6 aromatic carbocycles. The Morgan fingerprint density at radius 1 is 0.590 bits per heavy atom. The standard InChI is InChI=1S/C20H12.C14H21N3O2/c1-5-13-6-2-11-17-18-12-4-8-14-7-3-10-16(20(14)18)15(9-1)19(13)17;1-8(2)10-6-5-7-11(9(3)4)12(10)16-14(19)17-13(15)18/h1-12H;5-9H,1-4H3,(H4,15,16,17,18,19). The highest BCUT2D eigenvalue weighted by Gasteiger charge is 2.16. The smallest absolute Gasteiger partial charge is 0.327 e. The number of hydrogen-bond donors (Lipinski definition) is 3. The lowest BCUT2D eigenvalue weighted by atomic mass is 9.90. The molecule has 0 aliphatic rings. The van der Waals surface area contributed by atoms with Gasteiger partial charge in [0, 0.05) is 5.69 Å². The van der Waals surface area contributed by atoms with E-state index >= 15 is 0 Å². The highest BCUT2D eigenvalue weighted by molar-refractivity contribution is 6.32. The molecule has 6 rings (SSSR count). The normalized spacial score (nSPS) is 11.3. The monoisotopic (exact) mass is 515 g/mol. The molecule has 0 fully saturated rings. The molecule has 5 nitrogen and oxygen atoms in total. The summed E-state index contributed by atoms with van der Waals surface area (Å²) < 4.78 is 0. The summed E-state index contributed by atoms with van der Waals surface area (Å²) >= 11 is 0. The van der Waals surface area contributed by atoms with Crippen molar-refractivity contribution in [2.75, 3.05) is 5.32 Å². The van der Waals surface area contributed by atoms with Crippen LogP contribution in [-0.2, 0) is 0 Å². The SMILES string of the molecule is CC(C)c1cccc(C(C)C)c1NC(=O)NC(N)=O.c1cc2cccc3c4cccc5cccc(c(c1)c23)c54. The molecule has 0 bridgehead atoms. The number of rotatable bonds is 3. The summed E-state index contributed by atoms with van der Waals surface area (Å²) in [4.78, 5) is 22.3. The van der Waals surface area contributed by atoms with Crippen LogP contribution < -0.4 is 16.4 Å². The maximum atomic E-state index is 11.6. The van der Waals surface area contributed by atoms with Gasteiger partial charge < -0.3 is 11.1 Å². The van der Waals surface area contributed by atoms with Crippen molar-refractivity contribution >= 4 is 60.8 Å². The summed E-state index contributed by atoms with van der Waals surface area (Å²) in [6.07, 6.45) is 0. The third-order valence-electron chi connectivity index (χ3n) is 7.24. The fraction of sp³-hybridized carbons (Fsp3) is 0.176. The molecule has 0 heterocycles. The van der Waals surface area contributed by atoms with Crippen LogP contribution in [0.1, 0.15) is 50.7 Å². The first-order chi connectivity index (χ1) is 18.8. The van der Waals surface area contributed by atoms with Crippen LogP contribution in [0.3, 0.4) is 0 Å². The molecule has 0 unspecified atom stereocenters. The molecule has 0 aliphatic heterocycles. The number of nitrogens with two attached hydrogens (primary N) is 1. The number of anilines is 1. The maximum Gasteiger partial charge on any atom is 0.327 e. The Morgan fingerprint density at radius 3 is 1.28 bits per heavy atom. The molecule has 0 aromatic heterocycles. The van der Waals surface area contributed by atoms with Crippen molar-refractivity contribution in [3.05, 3.63) is 102 Å². The summed E-state index contributed by atoms with van der Waals surface area (Å²) in [5.74, 6) is 0.533. The molecule has 0 saturated heterocycles. The molecule has 39 heavy (non-hydrogen) atoms. The zero-order valence-electron chi connectivity index (χ0n) is 22.7. The second-order valence-electron chi connectivity index (χ2n) is 10.5. The zero-order valence-corrected chi connectivity index (χ0v) is 22.7. The predicted octanol–water partition coefficient (Wildman–Crippen LogP) is 8.87. The number of carbonyl (C=O) groups excluding carboxylic acids is 2. The number of urea groups is 2. The third kappa shape index (κ3) is 4.96. The minimum Gasteiger partial charge on any atom is -0.351 e. The molecule has 4 N–H and O–H groups in total. The number of nitrogens with one attached hydrogen (secondary N) is 2. The quantitative estimate of drug-likeness (QED) is 0.162. The lowest BCUT2D eigenvalue weighted by Gasteiger charge is -2.19. The lowest BCUT2D eigenvalue weighted by molar-refractivity contribution is 0.238. The fourth-order valence-electron chi connectivity index (χ4n) is 5.53. The van der Waals surface area contributed by atoms with E-state index < -0.39 is 12.1 Å². The van der Waals surface area contributed by atoms with E-state index in [-0.39, 0.29) is 11.8 Å². The van der Waals surface area contributed by atoms with Crippen molar-refractivity contribution in [2.24, 2.45) is 5.73 Å². The number of carbonyl (C=O) groups is 2. The Bertz CT molecular complexity index is 1630. The molecular weight excluding hydrogens is 482 g/mol. The molecule has 5 heteroatoms. The van der Waals surface area contributed by atoms with Crippen molar-refractivity contribution in [3.8, 4) is 0 Å². The van der Waals surface area contributed by atoms with E-state index in [0.29, 0.717) is 0 Å². The first kappa shape index (κ1) is 26.0. The average molecular weight is 516 g/mol. The van der Waals surface area contributed by atoms with E-state index in [4.69, 9.17) is 5.73 Å². The van der Waals surface area contributed by atoms with Gasteiger partial charge in [0.25, 0.3) is 0 Å². The number of imide groups is 1. The van der Waals surface area contributed by atoms with Crippen molar-refractivity contribution in [1.82, 2.24) is 5.32 Å². The Morgan fingerprint density at radius 2 is 0.949 bits per heavy atom. The Labute approximate surface area is 228 Å². The van der Waals surface area contributed by atoms with Crippen LogP contribution >= 0.6 is 0 Å². The van der Waals surface area contributed by atoms with Gasteiger partial charge in [0.15, 0.2) is 0 Å². The molecule has 0 radical (unpaired) electrons. The minimum atomic E-state index is -0.870. The summed E-state index contributed by atoms with van der Waals surface area (Å²) in [7, 11) is 0. The van der Waals surface area contributed by atoms with Gasteiger partial charge in [-0.2, -0.15) is 0 Å². The number of primary amides is 1. The Kier molecular flexibility index (Phi) is 7.07.